The average molecular weight is 248 g/mol. The van der Waals surface area contributed by atoms with Gasteiger partial charge in [0.2, 0.25) is 5.91 Å². The third kappa shape index (κ3) is 2.45. The molecule has 0 fully saturated rings. The normalized spacial score (nSPS) is 11.1. The van der Waals surface area contributed by atoms with Gasteiger partial charge in [0.25, 0.3) is 0 Å². The summed E-state index contributed by atoms with van der Waals surface area (Å²) < 4.78 is 6.48. The first-order valence-electron chi connectivity index (χ1n) is 5.87. The molecule has 0 bridgehead atoms. The Kier molecular flexibility index (Phi) is 3.23. The van der Waals surface area contributed by atoms with E-state index in [1.807, 2.05) is 13.8 Å². The highest BCUT2D eigenvalue weighted by Gasteiger charge is 2.09. The number of oxazole rings is 1. The number of hydrogen-bond donors (Lipinski definition) is 1. The van der Waals surface area contributed by atoms with Crippen LogP contribution in [-0.4, -0.2) is 10.5 Å². The van der Waals surface area contributed by atoms with Crippen LogP contribution in [0.3, 0.4) is 0 Å². The molecule has 5 nitrogen and oxygen atoms in total. The van der Waals surface area contributed by atoms with E-state index >= 15 is 0 Å². The van der Waals surface area contributed by atoms with Crippen molar-refractivity contribution in [2.75, 3.05) is 5.32 Å². The molecule has 5 heteroatoms. The highest BCUT2D eigenvalue weighted by Crippen LogP contribution is 2.18. The number of fused-ring (bicyclic) bond motifs is 1. The molecule has 96 valence electrons. The number of nitrogens with zero attached hydrogens (tertiary/aromatic N) is 1. The van der Waals surface area contributed by atoms with Crippen LogP contribution in [0.5, 0.6) is 0 Å². The van der Waals surface area contributed by atoms with E-state index in [0.29, 0.717) is 29.1 Å². The second-order valence-corrected chi connectivity index (χ2v) is 4.76. The van der Waals surface area contributed by atoms with Crippen LogP contribution in [0.15, 0.2) is 27.4 Å². The zero-order valence-electron chi connectivity index (χ0n) is 10.7. The van der Waals surface area contributed by atoms with Crippen molar-refractivity contribution < 1.29 is 9.21 Å². The molecule has 0 atom stereocenters. The van der Waals surface area contributed by atoms with Gasteiger partial charge in [-0.3, -0.25) is 9.36 Å². The van der Waals surface area contributed by atoms with Crippen LogP contribution in [0.1, 0.15) is 20.3 Å². The van der Waals surface area contributed by atoms with Crippen LogP contribution in [0, 0.1) is 5.92 Å². The fourth-order valence-corrected chi connectivity index (χ4v) is 1.79. The summed E-state index contributed by atoms with van der Waals surface area (Å²) in [6.45, 7) is 3.97. The standard InChI is InChI=1S/C13H16N2O3/c1-8(2)6-12(16)14-9-4-5-10-11(7-9)18-13(17)15(10)3/h4-5,7-8H,6H2,1-3H3,(H,14,16). The smallest absolute Gasteiger partial charge is 0.408 e. The highest BCUT2D eigenvalue weighted by molar-refractivity contribution is 5.92. The SMILES string of the molecule is CC(C)CC(=O)Nc1ccc2c(c1)oc(=O)n2C. The van der Waals surface area contributed by atoms with E-state index in [-0.39, 0.29) is 5.91 Å². The molecule has 1 amide bonds. The number of benzene rings is 1. The molecular weight excluding hydrogens is 232 g/mol. The van der Waals surface area contributed by atoms with Crippen molar-refractivity contribution in [3.63, 3.8) is 0 Å². The van der Waals surface area contributed by atoms with Gasteiger partial charge in [-0.05, 0) is 18.1 Å². The predicted molar refractivity (Wildman–Crippen MR) is 69.5 cm³/mol. The van der Waals surface area contributed by atoms with E-state index in [2.05, 4.69) is 5.32 Å². The Balaban J connectivity index is 2.25. The first-order valence-corrected chi connectivity index (χ1v) is 5.87. The van der Waals surface area contributed by atoms with Crippen LogP contribution in [0.2, 0.25) is 0 Å². The van der Waals surface area contributed by atoms with Gasteiger partial charge in [0.05, 0.1) is 5.52 Å². The van der Waals surface area contributed by atoms with Crippen molar-refractivity contribution in [3.05, 3.63) is 28.7 Å². The number of hydrogen-bond acceptors (Lipinski definition) is 3. The van der Waals surface area contributed by atoms with Crippen molar-refractivity contribution in [1.29, 1.82) is 0 Å². The fraction of sp³-hybridized carbons (Fsp3) is 0.385. The lowest BCUT2D eigenvalue weighted by atomic mass is 10.1. The molecule has 2 rings (SSSR count). The Morgan fingerprint density at radius 3 is 2.83 bits per heavy atom. The van der Waals surface area contributed by atoms with Gasteiger partial charge in [0.15, 0.2) is 5.58 Å². The van der Waals surface area contributed by atoms with Crippen molar-refractivity contribution in [3.8, 4) is 0 Å². The molecular formula is C13H16N2O3. The summed E-state index contributed by atoms with van der Waals surface area (Å²) in [5.41, 5.74) is 1.83. The molecule has 18 heavy (non-hydrogen) atoms. The Morgan fingerprint density at radius 2 is 2.17 bits per heavy atom. The summed E-state index contributed by atoms with van der Waals surface area (Å²) in [6, 6.07) is 5.18. The van der Waals surface area contributed by atoms with Gasteiger partial charge in [-0.2, -0.15) is 0 Å². The zero-order chi connectivity index (χ0) is 13.3. The number of aryl methyl sites for hydroxylation is 1. The third-order valence-electron chi connectivity index (χ3n) is 2.67. The summed E-state index contributed by atoms with van der Waals surface area (Å²) in [7, 11) is 1.64. The molecule has 1 aromatic heterocycles. The van der Waals surface area contributed by atoms with E-state index in [9.17, 15) is 9.59 Å². The minimum Gasteiger partial charge on any atom is -0.408 e. The minimum atomic E-state index is -0.407. The zero-order valence-corrected chi connectivity index (χ0v) is 10.7. The number of anilines is 1. The maximum absolute atomic E-state index is 11.6. The number of carbonyl (C=O) groups excluding carboxylic acids is 1. The molecule has 0 aliphatic rings. The van der Waals surface area contributed by atoms with Crippen LogP contribution in [0.25, 0.3) is 11.1 Å². The summed E-state index contributed by atoms with van der Waals surface area (Å²) in [6.07, 6.45) is 0.469. The van der Waals surface area contributed by atoms with Gasteiger partial charge in [-0.1, -0.05) is 13.8 Å². The first-order chi connectivity index (χ1) is 8.47. The Hall–Kier alpha value is -2.04. The maximum Gasteiger partial charge on any atom is 0.419 e. The van der Waals surface area contributed by atoms with E-state index in [1.165, 1.54) is 4.57 Å². The number of nitrogens with one attached hydrogen (secondary N) is 1. The molecule has 0 unspecified atom stereocenters. The molecule has 0 radical (unpaired) electrons. The quantitative estimate of drug-likeness (QED) is 0.904. The molecule has 0 aliphatic heterocycles. The highest BCUT2D eigenvalue weighted by atomic mass is 16.4. The lowest BCUT2D eigenvalue weighted by Gasteiger charge is -2.06. The van der Waals surface area contributed by atoms with E-state index in [0.717, 1.165) is 0 Å². The molecule has 0 aliphatic carbocycles. The van der Waals surface area contributed by atoms with Gasteiger partial charge in [0, 0.05) is 25.2 Å². The fourth-order valence-electron chi connectivity index (χ4n) is 1.79. The molecule has 1 N–H and O–H groups in total. The molecule has 2 aromatic rings. The van der Waals surface area contributed by atoms with Gasteiger partial charge in [-0.15, -0.1) is 0 Å². The van der Waals surface area contributed by atoms with Crippen LogP contribution in [0.4, 0.5) is 5.69 Å². The van der Waals surface area contributed by atoms with Gasteiger partial charge in [0.1, 0.15) is 0 Å². The lowest BCUT2D eigenvalue weighted by Crippen LogP contribution is -2.13. The number of rotatable bonds is 3. The summed E-state index contributed by atoms with van der Waals surface area (Å²) in [5, 5.41) is 2.78. The second-order valence-electron chi connectivity index (χ2n) is 4.76. The van der Waals surface area contributed by atoms with Crippen molar-refractivity contribution >= 4 is 22.7 Å². The van der Waals surface area contributed by atoms with Crippen LogP contribution < -0.4 is 11.1 Å². The first kappa shape index (κ1) is 12.4. The maximum atomic E-state index is 11.6. The Morgan fingerprint density at radius 1 is 1.44 bits per heavy atom. The summed E-state index contributed by atoms with van der Waals surface area (Å²) >= 11 is 0. The predicted octanol–water partition coefficient (Wildman–Crippen LogP) is 2.12. The number of aromatic nitrogens is 1. The lowest BCUT2D eigenvalue weighted by molar-refractivity contribution is -0.116. The largest absolute Gasteiger partial charge is 0.419 e. The van der Waals surface area contributed by atoms with Crippen LogP contribution >= 0.6 is 0 Å². The van der Waals surface area contributed by atoms with Gasteiger partial charge >= 0.3 is 5.76 Å². The molecule has 0 saturated heterocycles. The summed E-state index contributed by atoms with van der Waals surface area (Å²) in [4.78, 5) is 22.9. The van der Waals surface area contributed by atoms with Crippen LogP contribution in [-0.2, 0) is 11.8 Å². The monoisotopic (exact) mass is 248 g/mol. The van der Waals surface area contributed by atoms with Gasteiger partial charge < -0.3 is 9.73 Å². The van der Waals surface area contributed by atoms with E-state index < -0.39 is 5.76 Å². The second kappa shape index (κ2) is 4.68. The molecule has 1 aromatic carbocycles. The van der Waals surface area contributed by atoms with Gasteiger partial charge in [-0.25, -0.2) is 4.79 Å². The van der Waals surface area contributed by atoms with E-state index in [1.54, 1.807) is 25.2 Å². The average Bonchev–Trinajstić information content (AvgIpc) is 2.53. The Bertz CT molecular complexity index is 637. The summed E-state index contributed by atoms with van der Waals surface area (Å²) in [5.74, 6) is -0.137. The molecule has 1 heterocycles. The third-order valence-corrected chi connectivity index (χ3v) is 2.67. The minimum absolute atomic E-state index is 0.0392. The molecule has 0 saturated carbocycles. The number of amides is 1. The topological polar surface area (TPSA) is 64.2 Å². The van der Waals surface area contributed by atoms with Crippen molar-refractivity contribution in [2.24, 2.45) is 13.0 Å². The Labute approximate surface area is 104 Å². The van der Waals surface area contributed by atoms with Crippen molar-refractivity contribution in [2.45, 2.75) is 20.3 Å². The van der Waals surface area contributed by atoms with E-state index in [4.69, 9.17) is 4.42 Å². The number of carbonyl (C=O) groups is 1. The molecule has 0 spiro atoms. The van der Waals surface area contributed by atoms with Crippen molar-refractivity contribution in [1.82, 2.24) is 4.57 Å².